The second-order valence-corrected chi connectivity index (χ2v) is 6.11. The maximum absolute atomic E-state index is 11.9. The Labute approximate surface area is 134 Å². The summed E-state index contributed by atoms with van der Waals surface area (Å²) < 4.78 is 1.59. The van der Waals surface area contributed by atoms with Crippen LogP contribution in [0.25, 0.3) is 10.9 Å². The van der Waals surface area contributed by atoms with Crippen LogP contribution < -0.4 is 10.5 Å². The van der Waals surface area contributed by atoms with Gasteiger partial charge >= 0.3 is 0 Å². The van der Waals surface area contributed by atoms with Crippen LogP contribution in [0.3, 0.4) is 0 Å². The Kier molecular flexibility index (Phi) is 3.33. The van der Waals surface area contributed by atoms with Crippen molar-refractivity contribution in [2.45, 2.75) is 13.5 Å². The second kappa shape index (κ2) is 5.50. The molecule has 2 aromatic heterocycles. The summed E-state index contributed by atoms with van der Waals surface area (Å²) in [4.78, 5) is 18.6. The van der Waals surface area contributed by atoms with Crippen LogP contribution in [0, 0.1) is 12.8 Å². The number of rotatable bonds is 3. The molecule has 1 aliphatic rings. The quantitative estimate of drug-likeness (QED) is 0.744. The Hall–Kier alpha value is -2.69. The van der Waals surface area contributed by atoms with E-state index in [1.54, 1.807) is 16.8 Å². The minimum atomic E-state index is -0.0246. The zero-order valence-electron chi connectivity index (χ0n) is 13.0. The molecule has 116 valence electrons. The monoisotopic (exact) mass is 306 g/mol. The van der Waals surface area contributed by atoms with Gasteiger partial charge in [-0.1, -0.05) is 18.2 Å². The molecular weight excluding hydrogens is 288 g/mol. The van der Waals surface area contributed by atoms with Crippen molar-refractivity contribution in [3.05, 3.63) is 64.7 Å². The van der Waals surface area contributed by atoms with Gasteiger partial charge in [0.15, 0.2) is 0 Å². The molecule has 1 fully saturated rings. The van der Waals surface area contributed by atoms with Gasteiger partial charge in [0.1, 0.15) is 0 Å². The summed E-state index contributed by atoms with van der Waals surface area (Å²) in [5.74, 6) is 0.453. The highest BCUT2D eigenvalue weighted by atomic mass is 16.1. The lowest BCUT2D eigenvalue weighted by atomic mass is 9.98. The van der Waals surface area contributed by atoms with Gasteiger partial charge in [-0.15, -0.1) is 0 Å². The molecule has 5 heteroatoms. The van der Waals surface area contributed by atoms with Crippen molar-refractivity contribution >= 4 is 16.6 Å². The van der Waals surface area contributed by atoms with Gasteiger partial charge in [0.25, 0.3) is 5.56 Å². The van der Waals surface area contributed by atoms with Crippen molar-refractivity contribution in [2.75, 3.05) is 18.0 Å². The summed E-state index contributed by atoms with van der Waals surface area (Å²) >= 11 is 0. The molecule has 1 saturated heterocycles. The molecule has 23 heavy (non-hydrogen) atoms. The number of nitrogens with zero attached hydrogens (tertiary/aromatic N) is 4. The highest BCUT2D eigenvalue weighted by molar-refractivity contribution is 5.91. The van der Waals surface area contributed by atoms with Crippen LogP contribution in [0.4, 0.5) is 5.69 Å². The van der Waals surface area contributed by atoms with Gasteiger partial charge in [0, 0.05) is 42.3 Å². The Balaban J connectivity index is 1.51. The van der Waals surface area contributed by atoms with E-state index in [2.05, 4.69) is 27.1 Å². The van der Waals surface area contributed by atoms with Gasteiger partial charge in [0.2, 0.25) is 0 Å². The Morgan fingerprint density at radius 3 is 2.83 bits per heavy atom. The van der Waals surface area contributed by atoms with Gasteiger partial charge in [0.05, 0.1) is 17.8 Å². The molecule has 0 N–H and O–H groups in total. The van der Waals surface area contributed by atoms with Crippen LogP contribution in [0.2, 0.25) is 0 Å². The topological polar surface area (TPSA) is 51.0 Å². The lowest BCUT2D eigenvalue weighted by molar-refractivity contribution is 0.334. The van der Waals surface area contributed by atoms with Crippen LogP contribution in [-0.4, -0.2) is 27.9 Å². The molecule has 0 saturated carbocycles. The molecule has 3 aromatic rings. The first-order valence-electron chi connectivity index (χ1n) is 7.84. The van der Waals surface area contributed by atoms with Crippen LogP contribution in [-0.2, 0) is 6.54 Å². The molecule has 5 nitrogen and oxygen atoms in total. The minimum absolute atomic E-state index is 0.0246. The third-order valence-corrected chi connectivity index (χ3v) is 4.35. The third-order valence-electron chi connectivity index (χ3n) is 4.35. The summed E-state index contributed by atoms with van der Waals surface area (Å²) in [7, 11) is 0. The second-order valence-electron chi connectivity index (χ2n) is 6.11. The van der Waals surface area contributed by atoms with Crippen LogP contribution in [0.1, 0.15) is 5.69 Å². The van der Waals surface area contributed by atoms with E-state index in [1.807, 2.05) is 31.3 Å². The highest BCUT2D eigenvalue weighted by Crippen LogP contribution is 2.31. The van der Waals surface area contributed by atoms with E-state index in [9.17, 15) is 4.79 Å². The first-order chi connectivity index (χ1) is 11.2. The molecule has 0 radical (unpaired) electrons. The van der Waals surface area contributed by atoms with E-state index in [0.717, 1.165) is 24.3 Å². The van der Waals surface area contributed by atoms with Gasteiger partial charge < -0.3 is 4.90 Å². The number of benzene rings is 1. The van der Waals surface area contributed by atoms with E-state index >= 15 is 0 Å². The van der Waals surface area contributed by atoms with E-state index in [-0.39, 0.29) is 5.56 Å². The first kappa shape index (κ1) is 13.9. The number of anilines is 1. The van der Waals surface area contributed by atoms with Crippen LogP contribution in [0.15, 0.2) is 53.5 Å². The lowest BCUT2D eigenvalue weighted by Crippen LogP contribution is -2.49. The molecule has 4 rings (SSSR count). The average Bonchev–Trinajstić information content (AvgIpc) is 2.53. The number of aromatic nitrogens is 3. The molecule has 1 aliphatic heterocycles. The van der Waals surface area contributed by atoms with Crippen LogP contribution >= 0.6 is 0 Å². The van der Waals surface area contributed by atoms with E-state index < -0.39 is 0 Å². The summed E-state index contributed by atoms with van der Waals surface area (Å²) in [5.41, 5.74) is 3.09. The molecule has 0 atom stereocenters. The van der Waals surface area contributed by atoms with Crippen molar-refractivity contribution in [2.24, 2.45) is 5.92 Å². The highest BCUT2D eigenvalue weighted by Gasteiger charge is 2.28. The normalized spacial score (nSPS) is 14.9. The average molecular weight is 306 g/mol. The van der Waals surface area contributed by atoms with Gasteiger partial charge in [-0.2, -0.15) is 5.10 Å². The van der Waals surface area contributed by atoms with Crippen molar-refractivity contribution in [3.8, 4) is 0 Å². The molecule has 0 aliphatic carbocycles. The van der Waals surface area contributed by atoms with E-state index in [1.165, 1.54) is 11.1 Å². The third kappa shape index (κ3) is 2.59. The molecule has 1 aromatic carbocycles. The zero-order chi connectivity index (χ0) is 15.8. The van der Waals surface area contributed by atoms with E-state index in [0.29, 0.717) is 12.5 Å². The maximum Gasteiger partial charge on any atom is 0.266 e. The standard InChI is InChI=1S/C18H18N4O/c1-13-6-7-18(23)22(20-13)12-14-10-21(11-14)17-8-9-19-16-5-3-2-4-15(16)17/h2-9,14H,10-12H2,1H3. The number of pyridine rings is 1. The molecule has 0 bridgehead atoms. The SMILES string of the molecule is Cc1ccc(=O)n(CC2CN(c3ccnc4ccccc34)C2)n1. The summed E-state index contributed by atoms with van der Waals surface area (Å²) in [6.45, 7) is 4.47. The molecule has 0 amide bonds. The number of para-hydroxylation sites is 1. The maximum atomic E-state index is 11.9. The fourth-order valence-corrected chi connectivity index (χ4v) is 3.16. The molecule has 3 heterocycles. The fraction of sp³-hybridized carbons (Fsp3) is 0.278. The molecule has 0 unspecified atom stereocenters. The molecular formula is C18H18N4O. The number of fused-ring (bicyclic) bond motifs is 1. The Morgan fingerprint density at radius 2 is 1.96 bits per heavy atom. The Bertz CT molecular complexity index is 907. The fourth-order valence-electron chi connectivity index (χ4n) is 3.16. The predicted octanol–water partition coefficient (Wildman–Crippen LogP) is 2.24. The van der Waals surface area contributed by atoms with Crippen molar-refractivity contribution in [1.29, 1.82) is 0 Å². The van der Waals surface area contributed by atoms with E-state index in [4.69, 9.17) is 0 Å². The van der Waals surface area contributed by atoms with Crippen LogP contribution in [0.5, 0.6) is 0 Å². The summed E-state index contributed by atoms with van der Waals surface area (Å²) in [6.07, 6.45) is 1.86. The van der Waals surface area contributed by atoms with Gasteiger partial charge in [-0.3, -0.25) is 9.78 Å². The van der Waals surface area contributed by atoms with Gasteiger partial charge in [-0.25, -0.2) is 4.68 Å². The largest absolute Gasteiger partial charge is 0.370 e. The minimum Gasteiger partial charge on any atom is -0.370 e. The van der Waals surface area contributed by atoms with Crippen molar-refractivity contribution in [1.82, 2.24) is 14.8 Å². The van der Waals surface area contributed by atoms with Crippen molar-refractivity contribution < 1.29 is 0 Å². The first-order valence-corrected chi connectivity index (χ1v) is 7.84. The number of hydrogen-bond donors (Lipinski definition) is 0. The lowest BCUT2D eigenvalue weighted by Gasteiger charge is -2.41. The zero-order valence-corrected chi connectivity index (χ0v) is 13.0. The number of hydrogen-bond acceptors (Lipinski definition) is 4. The molecule has 0 spiro atoms. The number of aryl methyl sites for hydroxylation is 1. The summed E-state index contributed by atoms with van der Waals surface area (Å²) in [5, 5.41) is 5.50. The van der Waals surface area contributed by atoms with Gasteiger partial charge in [-0.05, 0) is 25.1 Å². The Morgan fingerprint density at radius 1 is 1.13 bits per heavy atom. The summed E-state index contributed by atoms with van der Waals surface area (Å²) in [6, 6.07) is 13.6. The van der Waals surface area contributed by atoms with Crippen molar-refractivity contribution in [3.63, 3.8) is 0 Å². The predicted molar refractivity (Wildman–Crippen MR) is 90.7 cm³/mol. The smallest absolute Gasteiger partial charge is 0.266 e.